The molecule has 1 fully saturated rings. The summed E-state index contributed by atoms with van der Waals surface area (Å²) in [6, 6.07) is 23.2. The van der Waals surface area contributed by atoms with Crippen LogP contribution < -0.4 is 10.2 Å². The first-order valence-electron chi connectivity index (χ1n) is 13.4. The fourth-order valence-corrected chi connectivity index (χ4v) is 5.47. The normalized spacial score (nSPS) is 14.1. The number of amides is 1. The van der Waals surface area contributed by atoms with Crippen molar-refractivity contribution in [3.05, 3.63) is 99.8 Å². The van der Waals surface area contributed by atoms with Crippen LogP contribution in [0.5, 0.6) is 0 Å². The van der Waals surface area contributed by atoms with E-state index in [1.165, 1.54) is 0 Å². The predicted octanol–water partition coefficient (Wildman–Crippen LogP) is 6.22. The summed E-state index contributed by atoms with van der Waals surface area (Å²) in [7, 11) is 0. The van der Waals surface area contributed by atoms with Crippen LogP contribution in [0.3, 0.4) is 0 Å². The third kappa shape index (κ3) is 7.59. The van der Waals surface area contributed by atoms with Crippen molar-refractivity contribution >= 4 is 59.6 Å². The first-order chi connectivity index (χ1) is 19.3. The number of β-amino-alcohol motifs (C(OH)–C–C–N with tert-alkyl or cyclic N) is 1. The third-order valence-corrected chi connectivity index (χ3v) is 8.02. The quantitative estimate of drug-likeness (QED) is 0.237. The summed E-state index contributed by atoms with van der Waals surface area (Å²) in [4.78, 5) is 22.5. The smallest absolute Gasteiger partial charge is 0.271 e. The molecule has 0 saturated carbocycles. The van der Waals surface area contributed by atoms with Crippen molar-refractivity contribution in [3.63, 3.8) is 0 Å². The average molecular weight is 651 g/mol. The lowest BCUT2D eigenvalue weighted by molar-refractivity contribution is 0.0847. The summed E-state index contributed by atoms with van der Waals surface area (Å²) >= 11 is 12.4. The summed E-state index contributed by atoms with van der Waals surface area (Å²) in [5.41, 5.74) is 5.03. The van der Waals surface area contributed by atoms with Gasteiger partial charge in [-0.1, -0.05) is 59.6 Å². The van der Waals surface area contributed by atoms with Crippen molar-refractivity contribution in [2.24, 2.45) is 0 Å². The summed E-state index contributed by atoms with van der Waals surface area (Å²) in [5, 5.41) is 15.0. The van der Waals surface area contributed by atoms with Crippen LogP contribution in [0.25, 0.3) is 17.1 Å². The second-order valence-electron chi connectivity index (χ2n) is 10.1. The maximum absolute atomic E-state index is 13.3. The molecule has 4 aromatic rings. The van der Waals surface area contributed by atoms with Crippen molar-refractivity contribution < 1.29 is 9.90 Å². The van der Waals surface area contributed by atoms with Gasteiger partial charge in [-0.25, -0.2) is 4.98 Å². The third-order valence-electron chi connectivity index (χ3n) is 7.36. The number of hydrogen-bond acceptors (Lipinski definition) is 5. The zero-order chi connectivity index (χ0) is 28.2. The highest BCUT2D eigenvalue weighted by molar-refractivity contribution is 6.31. The van der Waals surface area contributed by atoms with Gasteiger partial charge < -0.3 is 15.3 Å². The number of aliphatic hydroxyl groups is 1. The Kier molecular flexibility index (Phi) is 12.1. The van der Waals surface area contributed by atoms with Crippen LogP contribution in [0, 0.1) is 13.8 Å². The zero-order valence-electron chi connectivity index (χ0n) is 23.5. The lowest BCUT2D eigenvalue weighted by Gasteiger charge is -2.37. The number of carbonyl (C=O) groups is 1. The Morgan fingerprint density at radius 3 is 2.26 bits per heavy atom. The van der Waals surface area contributed by atoms with Crippen LogP contribution in [0.15, 0.2) is 72.8 Å². The molecule has 11 heteroatoms. The number of anilines is 1. The van der Waals surface area contributed by atoms with Gasteiger partial charge in [-0.15, -0.1) is 24.8 Å². The number of hydrogen-bond donors (Lipinski definition) is 2. The van der Waals surface area contributed by atoms with E-state index in [1.54, 1.807) is 0 Å². The second-order valence-corrected chi connectivity index (χ2v) is 10.9. The Bertz CT molecular complexity index is 1470. The van der Waals surface area contributed by atoms with Crippen LogP contribution in [-0.4, -0.2) is 70.8 Å². The van der Waals surface area contributed by atoms with E-state index in [2.05, 4.69) is 21.2 Å². The number of nitrogens with one attached hydrogen (secondary N) is 1. The van der Waals surface area contributed by atoms with Crippen LogP contribution in [0.2, 0.25) is 10.0 Å². The number of imidazole rings is 1. The molecule has 1 unspecified atom stereocenters. The number of nitrogens with zero attached hydrogens (tertiary/aromatic N) is 4. The minimum atomic E-state index is -0.698. The van der Waals surface area contributed by atoms with Crippen molar-refractivity contribution in [1.82, 2.24) is 19.8 Å². The molecule has 1 atom stereocenters. The Morgan fingerprint density at radius 2 is 1.60 bits per heavy atom. The first kappa shape index (κ1) is 33.7. The second kappa shape index (κ2) is 15.1. The average Bonchev–Trinajstić information content (AvgIpc) is 3.31. The van der Waals surface area contributed by atoms with E-state index in [1.807, 2.05) is 85.1 Å². The Hall–Kier alpha value is -2.78. The molecule has 3 aromatic carbocycles. The fourth-order valence-electron chi connectivity index (χ4n) is 5.17. The van der Waals surface area contributed by atoms with Gasteiger partial charge in [0.2, 0.25) is 0 Å². The standard InChI is InChI=1S/C31H33Cl2N5O2.2ClH/c1-21-27(33)9-6-10-28(21)37-17-15-36(16-18-37)20-26(39)19-34-31(40)29-22(2)38(25-13-11-24(32)12-14-25)30(35-29)23-7-4-3-5-8-23;;/h3-14,26,39H,15-20H2,1-2H3,(H,34,40);2*1H. The molecule has 0 aliphatic carbocycles. The van der Waals surface area contributed by atoms with Gasteiger partial charge in [-0.2, -0.15) is 0 Å². The Labute approximate surface area is 269 Å². The number of aliphatic hydroxyl groups excluding tert-OH is 1. The highest BCUT2D eigenvalue weighted by atomic mass is 35.5. The van der Waals surface area contributed by atoms with E-state index in [9.17, 15) is 9.90 Å². The lowest BCUT2D eigenvalue weighted by Crippen LogP contribution is -2.50. The van der Waals surface area contributed by atoms with Gasteiger partial charge in [0.25, 0.3) is 5.91 Å². The summed E-state index contributed by atoms with van der Waals surface area (Å²) in [6.07, 6.45) is -0.698. The van der Waals surface area contributed by atoms with Gasteiger partial charge in [0.15, 0.2) is 0 Å². The minimum Gasteiger partial charge on any atom is -0.390 e. The number of carbonyl (C=O) groups excluding carboxylic acids is 1. The molecule has 0 spiro atoms. The fraction of sp³-hybridized carbons (Fsp3) is 0.290. The number of piperazine rings is 1. The number of benzene rings is 3. The molecule has 224 valence electrons. The van der Waals surface area contributed by atoms with Gasteiger partial charge in [0.1, 0.15) is 11.5 Å². The summed E-state index contributed by atoms with van der Waals surface area (Å²) in [5.74, 6) is 0.349. The largest absolute Gasteiger partial charge is 0.390 e. The summed E-state index contributed by atoms with van der Waals surface area (Å²) in [6.45, 7) is 7.88. The van der Waals surface area contributed by atoms with Crippen LogP contribution >= 0.6 is 48.0 Å². The van der Waals surface area contributed by atoms with Gasteiger partial charge in [-0.3, -0.25) is 14.3 Å². The van der Waals surface area contributed by atoms with E-state index >= 15 is 0 Å². The number of rotatable bonds is 8. The molecule has 2 heterocycles. The summed E-state index contributed by atoms with van der Waals surface area (Å²) < 4.78 is 1.96. The van der Waals surface area contributed by atoms with E-state index in [0.29, 0.717) is 28.8 Å². The SMILES string of the molecule is Cc1c(Cl)cccc1N1CCN(CC(O)CNC(=O)c2nc(-c3ccccc3)n(-c3ccc(Cl)cc3)c2C)CC1.Cl.Cl. The minimum absolute atomic E-state index is 0. The molecule has 0 radical (unpaired) electrons. The molecule has 0 bridgehead atoms. The van der Waals surface area contributed by atoms with E-state index < -0.39 is 6.10 Å². The highest BCUT2D eigenvalue weighted by Gasteiger charge is 2.24. The molecular formula is C31H35Cl4N5O2. The van der Waals surface area contributed by atoms with Gasteiger partial charge in [0.05, 0.1) is 11.8 Å². The molecule has 2 N–H and O–H groups in total. The van der Waals surface area contributed by atoms with Crippen molar-refractivity contribution in [3.8, 4) is 17.1 Å². The maximum atomic E-state index is 13.3. The van der Waals surface area contributed by atoms with Crippen molar-refractivity contribution in [2.75, 3.05) is 44.2 Å². The lowest BCUT2D eigenvalue weighted by atomic mass is 10.1. The molecule has 1 aromatic heterocycles. The van der Waals surface area contributed by atoms with Gasteiger partial charge >= 0.3 is 0 Å². The monoisotopic (exact) mass is 649 g/mol. The maximum Gasteiger partial charge on any atom is 0.271 e. The van der Waals surface area contributed by atoms with Crippen molar-refractivity contribution in [2.45, 2.75) is 20.0 Å². The van der Waals surface area contributed by atoms with Gasteiger partial charge in [-0.05, 0) is 55.8 Å². The van der Waals surface area contributed by atoms with E-state index in [4.69, 9.17) is 28.2 Å². The van der Waals surface area contributed by atoms with E-state index in [-0.39, 0.29) is 37.3 Å². The van der Waals surface area contributed by atoms with Gasteiger partial charge in [0, 0.05) is 66.3 Å². The molecule has 1 aliphatic heterocycles. The van der Waals surface area contributed by atoms with Crippen molar-refractivity contribution in [1.29, 1.82) is 0 Å². The molecule has 5 rings (SSSR count). The van der Waals surface area contributed by atoms with E-state index in [0.717, 1.165) is 53.7 Å². The van der Waals surface area contributed by atoms with Crippen LogP contribution in [0.4, 0.5) is 5.69 Å². The molecule has 1 saturated heterocycles. The first-order valence-corrected chi connectivity index (χ1v) is 14.2. The Balaban J connectivity index is 0.00000242. The predicted molar refractivity (Wildman–Crippen MR) is 176 cm³/mol. The number of halogens is 4. The molecule has 42 heavy (non-hydrogen) atoms. The molecular weight excluding hydrogens is 616 g/mol. The van der Waals surface area contributed by atoms with Crippen LogP contribution in [-0.2, 0) is 0 Å². The molecule has 1 amide bonds. The van der Waals surface area contributed by atoms with Crippen LogP contribution in [0.1, 0.15) is 21.7 Å². The molecule has 1 aliphatic rings. The highest BCUT2D eigenvalue weighted by Crippen LogP contribution is 2.28. The molecule has 7 nitrogen and oxygen atoms in total. The Morgan fingerprint density at radius 1 is 0.929 bits per heavy atom. The topological polar surface area (TPSA) is 73.6 Å². The zero-order valence-corrected chi connectivity index (χ0v) is 26.6. The number of aromatic nitrogens is 2.